The smallest absolute Gasteiger partial charge is 0.336 e. The summed E-state index contributed by atoms with van der Waals surface area (Å²) in [7, 11) is 0. The molecule has 0 aromatic heterocycles. The van der Waals surface area contributed by atoms with Gasteiger partial charge in [0.15, 0.2) is 12.2 Å². The van der Waals surface area contributed by atoms with Crippen molar-refractivity contribution in [3.05, 3.63) is 82.4 Å². The van der Waals surface area contributed by atoms with Crippen LogP contribution in [0, 0.1) is 6.92 Å². The molecule has 3 aromatic rings. The molecule has 0 aliphatic carbocycles. The average Bonchev–Trinajstić information content (AvgIpc) is 3.00. The van der Waals surface area contributed by atoms with Crippen LogP contribution >= 0.6 is 11.6 Å². The van der Waals surface area contributed by atoms with Gasteiger partial charge in [0, 0.05) is 18.2 Å². The molecule has 2 atom stereocenters. The number of esters is 1. The van der Waals surface area contributed by atoms with Crippen LogP contribution in [0.1, 0.15) is 76.0 Å². The van der Waals surface area contributed by atoms with Crippen LogP contribution < -0.4 is 5.32 Å². The summed E-state index contributed by atoms with van der Waals surface area (Å²) in [5, 5.41) is 15.9. The first-order valence-corrected chi connectivity index (χ1v) is 16.5. The van der Waals surface area contributed by atoms with E-state index in [0.717, 1.165) is 61.1 Å². The molecule has 0 saturated heterocycles. The van der Waals surface area contributed by atoms with E-state index in [2.05, 4.69) is 41.7 Å². The van der Waals surface area contributed by atoms with Crippen LogP contribution in [-0.4, -0.2) is 60.5 Å². The second-order valence-corrected chi connectivity index (χ2v) is 13.0. The minimum atomic E-state index is -1.67. The van der Waals surface area contributed by atoms with E-state index >= 15 is 0 Å². The number of unbranched alkanes of at least 4 members (excludes halogenated alkanes) is 4. The molecule has 8 nitrogen and oxygen atoms in total. The predicted octanol–water partition coefficient (Wildman–Crippen LogP) is 7.24. The summed E-state index contributed by atoms with van der Waals surface area (Å²) < 4.78 is 16.5. The fourth-order valence-electron chi connectivity index (χ4n) is 5.07. The number of nitrogens with one attached hydrogen (secondary N) is 1. The normalized spacial score (nSPS) is 12.9. The zero-order valence-electron chi connectivity index (χ0n) is 27.5. The molecule has 3 aromatic carbocycles. The van der Waals surface area contributed by atoms with Crippen molar-refractivity contribution in [2.75, 3.05) is 19.8 Å². The van der Waals surface area contributed by atoms with E-state index in [9.17, 15) is 19.5 Å². The molecular weight excluding hydrogens is 606 g/mol. The molecule has 0 saturated carbocycles. The molecule has 0 heterocycles. The van der Waals surface area contributed by atoms with Crippen LogP contribution in [-0.2, 0) is 41.4 Å². The van der Waals surface area contributed by atoms with Crippen molar-refractivity contribution < 1.29 is 33.7 Å². The van der Waals surface area contributed by atoms with E-state index in [-0.39, 0.29) is 6.61 Å². The monoisotopic (exact) mass is 653 g/mol. The third-order valence-electron chi connectivity index (χ3n) is 7.48. The van der Waals surface area contributed by atoms with E-state index in [0.29, 0.717) is 13.0 Å². The summed E-state index contributed by atoms with van der Waals surface area (Å²) in [4.78, 5) is 37.6. The van der Waals surface area contributed by atoms with Crippen LogP contribution in [0.2, 0.25) is 5.02 Å². The lowest BCUT2D eigenvalue weighted by molar-refractivity contribution is -0.178. The van der Waals surface area contributed by atoms with E-state index in [1.165, 1.54) is 16.3 Å². The van der Waals surface area contributed by atoms with E-state index < -0.39 is 42.3 Å². The molecule has 0 unspecified atom stereocenters. The molecule has 46 heavy (non-hydrogen) atoms. The van der Waals surface area contributed by atoms with E-state index in [1.54, 1.807) is 20.8 Å². The molecule has 0 radical (unpaired) electrons. The molecule has 0 bridgehead atoms. The molecular formula is C37H48ClNO7. The van der Waals surface area contributed by atoms with Crippen LogP contribution in [0.5, 0.6) is 0 Å². The van der Waals surface area contributed by atoms with Gasteiger partial charge >= 0.3 is 11.9 Å². The summed E-state index contributed by atoms with van der Waals surface area (Å²) in [6, 6.07) is 20.8. The number of hydrogen-bond donors (Lipinski definition) is 2. The standard InChI is InChI=1S/C37H48ClNO7/c1-26-17-18-28(24-31(26)38)14-8-6-12-22-44-33(34(36(42)43)45-25-32(40)46-37(2,3)4)35(41)39-21-11-5-7-13-27-19-20-29-15-9-10-16-30(29)23-27/h9-10,15-20,23-24,33-34H,5-8,11-14,21-22,25H2,1-4H3,(H,39,41)(H,42,43)/t33-,34-/m1/s1. The number of carbonyl (C=O) groups excluding carboxylic acids is 2. The molecule has 0 fully saturated rings. The number of carbonyl (C=O) groups is 3. The SMILES string of the molecule is Cc1ccc(CCCCCO[C@@H](C(=O)NCCCCCc2ccc3ccccc3c2)[C@@H](OCC(=O)OC(C)(C)C)C(=O)O)cc1Cl. The number of fused-ring (bicyclic) bond motifs is 1. The highest BCUT2D eigenvalue weighted by molar-refractivity contribution is 6.31. The summed E-state index contributed by atoms with van der Waals surface area (Å²) in [5.41, 5.74) is 2.69. The second kappa shape index (κ2) is 18.6. The Kier molecular flexibility index (Phi) is 15.0. The van der Waals surface area contributed by atoms with Gasteiger partial charge in [-0.15, -0.1) is 0 Å². The maximum atomic E-state index is 13.2. The Hall–Kier alpha value is -3.46. The van der Waals surface area contributed by atoms with E-state index in [4.69, 9.17) is 25.8 Å². The largest absolute Gasteiger partial charge is 0.479 e. The van der Waals surface area contributed by atoms with Crippen LogP contribution in [0.15, 0.2) is 60.7 Å². The van der Waals surface area contributed by atoms with Crippen molar-refractivity contribution >= 4 is 40.2 Å². The van der Waals surface area contributed by atoms with Crippen molar-refractivity contribution in [1.29, 1.82) is 0 Å². The molecule has 1 amide bonds. The van der Waals surface area contributed by atoms with Gasteiger partial charge in [-0.1, -0.05) is 79.0 Å². The predicted molar refractivity (Wildman–Crippen MR) is 181 cm³/mol. The average molecular weight is 654 g/mol. The first-order valence-electron chi connectivity index (χ1n) is 16.1. The summed E-state index contributed by atoms with van der Waals surface area (Å²) >= 11 is 6.23. The van der Waals surface area contributed by atoms with Gasteiger partial charge in [-0.25, -0.2) is 9.59 Å². The Labute approximate surface area is 277 Å². The highest BCUT2D eigenvalue weighted by Crippen LogP contribution is 2.19. The quantitative estimate of drug-likeness (QED) is 0.104. The number of benzene rings is 3. The number of ether oxygens (including phenoxy) is 3. The maximum absolute atomic E-state index is 13.2. The summed E-state index contributed by atoms with van der Waals surface area (Å²) in [6.07, 6.45) is 3.58. The van der Waals surface area contributed by atoms with Gasteiger partial charge < -0.3 is 24.6 Å². The number of halogens is 1. The van der Waals surface area contributed by atoms with Crippen LogP contribution in [0.25, 0.3) is 10.8 Å². The zero-order chi connectivity index (χ0) is 33.5. The first kappa shape index (κ1) is 37.0. The molecule has 9 heteroatoms. The number of carboxylic acid groups (broad SMARTS) is 1. The van der Waals surface area contributed by atoms with Crippen LogP contribution in [0.4, 0.5) is 0 Å². The topological polar surface area (TPSA) is 111 Å². The fourth-order valence-corrected chi connectivity index (χ4v) is 5.27. The minimum Gasteiger partial charge on any atom is -0.479 e. The first-order chi connectivity index (χ1) is 21.9. The van der Waals surface area contributed by atoms with Crippen molar-refractivity contribution in [1.82, 2.24) is 5.32 Å². The molecule has 0 aliphatic rings. The van der Waals surface area contributed by atoms with Crippen molar-refractivity contribution in [2.24, 2.45) is 0 Å². The van der Waals surface area contributed by atoms with Gasteiger partial charge in [-0.2, -0.15) is 0 Å². The van der Waals surface area contributed by atoms with Crippen molar-refractivity contribution in [2.45, 2.75) is 96.9 Å². The minimum absolute atomic E-state index is 0.165. The summed E-state index contributed by atoms with van der Waals surface area (Å²) in [5.74, 6) is -2.70. The van der Waals surface area contributed by atoms with Crippen molar-refractivity contribution in [3.63, 3.8) is 0 Å². The lowest BCUT2D eigenvalue weighted by atomic mass is 10.0. The summed E-state index contributed by atoms with van der Waals surface area (Å²) in [6.45, 7) is 6.99. The van der Waals surface area contributed by atoms with Gasteiger partial charge in [-0.05, 0) is 99.7 Å². The number of aryl methyl sites for hydroxylation is 3. The van der Waals surface area contributed by atoms with Gasteiger partial charge in [0.2, 0.25) is 0 Å². The van der Waals surface area contributed by atoms with Gasteiger partial charge in [0.25, 0.3) is 5.91 Å². The van der Waals surface area contributed by atoms with Crippen molar-refractivity contribution in [3.8, 4) is 0 Å². The fraction of sp³-hybridized carbons (Fsp3) is 0.486. The Morgan fingerprint density at radius 2 is 1.46 bits per heavy atom. The number of rotatable bonds is 19. The lowest BCUT2D eigenvalue weighted by Gasteiger charge is -2.25. The number of carboxylic acids is 1. The Balaban J connectivity index is 1.49. The molecule has 250 valence electrons. The maximum Gasteiger partial charge on any atom is 0.336 e. The number of aliphatic carboxylic acids is 1. The van der Waals surface area contributed by atoms with Gasteiger partial charge in [0.1, 0.15) is 12.2 Å². The lowest BCUT2D eigenvalue weighted by Crippen LogP contribution is -2.49. The molecule has 0 aliphatic heterocycles. The third kappa shape index (κ3) is 13.1. The highest BCUT2D eigenvalue weighted by Gasteiger charge is 2.36. The van der Waals surface area contributed by atoms with Gasteiger partial charge in [0.05, 0.1) is 0 Å². The highest BCUT2D eigenvalue weighted by atomic mass is 35.5. The Morgan fingerprint density at radius 1 is 0.804 bits per heavy atom. The molecule has 0 spiro atoms. The third-order valence-corrected chi connectivity index (χ3v) is 7.88. The number of hydrogen-bond acceptors (Lipinski definition) is 6. The zero-order valence-corrected chi connectivity index (χ0v) is 28.2. The van der Waals surface area contributed by atoms with Gasteiger partial charge in [-0.3, -0.25) is 4.79 Å². The molecule has 2 N–H and O–H groups in total. The van der Waals surface area contributed by atoms with Crippen LogP contribution in [0.3, 0.4) is 0 Å². The Morgan fingerprint density at radius 3 is 2.13 bits per heavy atom. The van der Waals surface area contributed by atoms with E-state index in [1.807, 2.05) is 31.2 Å². The number of amides is 1. The molecule has 3 rings (SSSR count). The second-order valence-electron chi connectivity index (χ2n) is 12.6. The Bertz CT molecular complexity index is 1430.